The number of anilines is 1. The van der Waals surface area contributed by atoms with Gasteiger partial charge in [0.15, 0.2) is 5.82 Å². The van der Waals surface area contributed by atoms with Gasteiger partial charge in [-0.2, -0.15) is 0 Å². The SMILES string of the molecule is O=c1[nH]ccnc1NCCSc1ccccc1. The van der Waals surface area contributed by atoms with Crippen LogP contribution >= 0.6 is 11.8 Å². The third-order valence-corrected chi connectivity index (χ3v) is 3.13. The summed E-state index contributed by atoms with van der Waals surface area (Å²) in [4.78, 5) is 19.1. The molecule has 1 aromatic carbocycles. The number of aromatic nitrogens is 2. The molecule has 2 rings (SSSR count). The molecule has 2 N–H and O–H groups in total. The minimum atomic E-state index is -0.183. The molecule has 0 saturated carbocycles. The Labute approximate surface area is 103 Å². The third-order valence-electron chi connectivity index (χ3n) is 2.11. The second kappa shape index (κ2) is 6.10. The number of rotatable bonds is 5. The molecule has 1 aromatic heterocycles. The van der Waals surface area contributed by atoms with Crippen LogP contribution in [0.15, 0.2) is 52.4 Å². The minimum absolute atomic E-state index is 0.183. The molecule has 17 heavy (non-hydrogen) atoms. The summed E-state index contributed by atoms with van der Waals surface area (Å²) in [5, 5.41) is 3.01. The molecule has 0 aliphatic carbocycles. The Hall–Kier alpha value is -1.75. The first-order chi connectivity index (χ1) is 8.36. The lowest BCUT2D eigenvalue weighted by Gasteiger charge is -2.03. The minimum Gasteiger partial charge on any atom is -0.365 e. The highest BCUT2D eigenvalue weighted by molar-refractivity contribution is 7.99. The monoisotopic (exact) mass is 247 g/mol. The Bertz CT molecular complexity index is 512. The first-order valence-corrected chi connectivity index (χ1v) is 6.30. The third kappa shape index (κ3) is 3.64. The molecule has 2 aromatic rings. The van der Waals surface area contributed by atoms with Crippen LogP contribution in [0.3, 0.4) is 0 Å². The van der Waals surface area contributed by atoms with Crippen LogP contribution in [0.1, 0.15) is 0 Å². The standard InChI is InChI=1S/C12H13N3OS/c16-12-11(13-6-7-15-12)14-8-9-17-10-4-2-1-3-5-10/h1-7H,8-9H2,(H,13,14)(H,15,16). The average molecular weight is 247 g/mol. The zero-order valence-electron chi connectivity index (χ0n) is 9.22. The van der Waals surface area contributed by atoms with E-state index in [1.54, 1.807) is 18.0 Å². The van der Waals surface area contributed by atoms with Crippen LogP contribution in [-0.2, 0) is 0 Å². The van der Waals surface area contributed by atoms with Gasteiger partial charge in [0.2, 0.25) is 0 Å². The molecule has 88 valence electrons. The maximum atomic E-state index is 11.3. The molecule has 0 aliphatic rings. The van der Waals surface area contributed by atoms with Gasteiger partial charge >= 0.3 is 0 Å². The normalized spacial score (nSPS) is 10.1. The Morgan fingerprint density at radius 3 is 2.88 bits per heavy atom. The summed E-state index contributed by atoms with van der Waals surface area (Å²) in [7, 11) is 0. The molecule has 0 fully saturated rings. The Balaban J connectivity index is 1.78. The van der Waals surface area contributed by atoms with Crippen LogP contribution in [0.2, 0.25) is 0 Å². The van der Waals surface area contributed by atoms with Gasteiger partial charge in [-0.15, -0.1) is 11.8 Å². The summed E-state index contributed by atoms with van der Waals surface area (Å²) in [5.41, 5.74) is -0.183. The molecule has 0 spiro atoms. The predicted molar refractivity (Wildman–Crippen MR) is 70.5 cm³/mol. The van der Waals surface area contributed by atoms with Gasteiger partial charge in [0.1, 0.15) is 0 Å². The lowest BCUT2D eigenvalue weighted by atomic mass is 10.4. The fourth-order valence-corrected chi connectivity index (χ4v) is 2.12. The Morgan fingerprint density at radius 1 is 1.29 bits per heavy atom. The van der Waals surface area contributed by atoms with Gasteiger partial charge in [-0.3, -0.25) is 4.79 Å². The van der Waals surface area contributed by atoms with Crippen LogP contribution in [-0.4, -0.2) is 22.3 Å². The lowest BCUT2D eigenvalue weighted by Crippen LogP contribution is -2.16. The predicted octanol–water partition coefficient (Wildman–Crippen LogP) is 1.97. The number of nitrogens with one attached hydrogen (secondary N) is 2. The van der Waals surface area contributed by atoms with Crippen LogP contribution in [0.5, 0.6) is 0 Å². The van der Waals surface area contributed by atoms with Crippen molar-refractivity contribution in [3.63, 3.8) is 0 Å². The van der Waals surface area contributed by atoms with Gasteiger partial charge in [-0.05, 0) is 12.1 Å². The molecule has 0 saturated heterocycles. The Morgan fingerprint density at radius 2 is 2.12 bits per heavy atom. The number of benzene rings is 1. The first-order valence-electron chi connectivity index (χ1n) is 5.31. The molecule has 0 bridgehead atoms. The van der Waals surface area contributed by atoms with E-state index in [1.165, 1.54) is 11.1 Å². The molecular weight excluding hydrogens is 234 g/mol. The van der Waals surface area contributed by atoms with E-state index in [9.17, 15) is 4.79 Å². The average Bonchev–Trinajstić information content (AvgIpc) is 2.38. The van der Waals surface area contributed by atoms with Crippen molar-refractivity contribution >= 4 is 17.6 Å². The number of hydrogen-bond acceptors (Lipinski definition) is 4. The number of aromatic amines is 1. The van der Waals surface area contributed by atoms with Gasteiger partial charge in [-0.1, -0.05) is 18.2 Å². The van der Waals surface area contributed by atoms with E-state index in [-0.39, 0.29) is 5.56 Å². The van der Waals surface area contributed by atoms with E-state index < -0.39 is 0 Å². The summed E-state index contributed by atoms with van der Waals surface area (Å²) >= 11 is 1.74. The van der Waals surface area contributed by atoms with Gasteiger partial charge in [0.05, 0.1) is 0 Å². The van der Waals surface area contributed by atoms with Gasteiger partial charge in [0, 0.05) is 29.6 Å². The maximum absolute atomic E-state index is 11.3. The van der Waals surface area contributed by atoms with Crippen molar-refractivity contribution in [3.8, 4) is 0 Å². The number of H-pyrrole nitrogens is 1. The topological polar surface area (TPSA) is 57.8 Å². The number of thioether (sulfide) groups is 1. The summed E-state index contributed by atoms with van der Waals surface area (Å²) in [6.07, 6.45) is 3.08. The van der Waals surface area contributed by atoms with E-state index in [0.717, 1.165) is 5.75 Å². The second-order valence-corrected chi connectivity index (χ2v) is 4.52. The van der Waals surface area contributed by atoms with Crippen LogP contribution in [0.25, 0.3) is 0 Å². The fraction of sp³-hybridized carbons (Fsp3) is 0.167. The lowest BCUT2D eigenvalue weighted by molar-refractivity contribution is 1.09. The van der Waals surface area contributed by atoms with Gasteiger partial charge < -0.3 is 10.3 Å². The molecule has 1 heterocycles. The molecular formula is C12H13N3OS. The van der Waals surface area contributed by atoms with E-state index in [2.05, 4.69) is 27.4 Å². The van der Waals surface area contributed by atoms with E-state index in [1.807, 2.05) is 18.2 Å². The van der Waals surface area contributed by atoms with E-state index in [0.29, 0.717) is 12.4 Å². The molecule has 0 amide bonds. The highest BCUT2D eigenvalue weighted by atomic mass is 32.2. The van der Waals surface area contributed by atoms with Crippen molar-refractivity contribution < 1.29 is 0 Å². The first kappa shape index (κ1) is 11.7. The number of hydrogen-bond donors (Lipinski definition) is 2. The molecule has 0 aliphatic heterocycles. The molecule has 5 heteroatoms. The second-order valence-electron chi connectivity index (χ2n) is 3.36. The summed E-state index contributed by atoms with van der Waals surface area (Å²) < 4.78 is 0. The molecule has 4 nitrogen and oxygen atoms in total. The Kier molecular flexibility index (Phi) is 4.21. The quantitative estimate of drug-likeness (QED) is 0.626. The maximum Gasteiger partial charge on any atom is 0.290 e. The highest BCUT2D eigenvalue weighted by Gasteiger charge is 1.98. The van der Waals surface area contributed by atoms with Crippen molar-refractivity contribution in [1.29, 1.82) is 0 Å². The van der Waals surface area contributed by atoms with Crippen molar-refractivity contribution in [2.24, 2.45) is 0 Å². The largest absolute Gasteiger partial charge is 0.365 e. The summed E-state index contributed by atoms with van der Waals surface area (Å²) in [6.45, 7) is 0.708. The molecule has 0 unspecified atom stereocenters. The van der Waals surface area contributed by atoms with Crippen molar-refractivity contribution in [2.45, 2.75) is 4.90 Å². The van der Waals surface area contributed by atoms with E-state index in [4.69, 9.17) is 0 Å². The van der Waals surface area contributed by atoms with Crippen molar-refractivity contribution in [3.05, 3.63) is 53.1 Å². The van der Waals surface area contributed by atoms with Crippen LogP contribution in [0.4, 0.5) is 5.82 Å². The highest BCUT2D eigenvalue weighted by Crippen LogP contribution is 2.15. The molecule has 0 atom stereocenters. The van der Waals surface area contributed by atoms with Crippen molar-refractivity contribution in [1.82, 2.24) is 9.97 Å². The molecule has 0 radical (unpaired) electrons. The van der Waals surface area contributed by atoms with Crippen LogP contribution < -0.4 is 10.9 Å². The van der Waals surface area contributed by atoms with Crippen LogP contribution in [0, 0.1) is 0 Å². The van der Waals surface area contributed by atoms with Gasteiger partial charge in [0.25, 0.3) is 5.56 Å². The van der Waals surface area contributed by atoms with Gasteiger partial charge in [-0.25, -0.2) is 4.98 Å². The van der Waals surface area contributed by atoms with E-state index >= 15 is 0 Å². The van der Waals surface area contributed by atoms with Crippen molar-refractivity contribution in [2.75, 3.05) is 17.6 Å². The number of nitrogens with zero attached hydrogens (tertiary/aromatic N) is 1. The zero-order chi connectivity index (χ0) is 11.9. The smallest absolute Gasteiger partial charge is 0.290 e. The zero-order valence-corrected chi connectivity index (χ0v) is 10.0. The summed E-state index contributed by atoms with van der Waals surface area (Å²) in [6, 6.07) is 10.2. The summed E-state index contributed by atoms with van der Waals surface area (Å²) in [5.74, 6) is 1.26. The fourth-order valence-electron chi connectivity index (χ4n) is 1.33.